The fourth-order valence-electron chi connectivity index (χ4n) is 4.51. The first kappa shape index (κ1) is 22.0. The SMILES string of the molecule is CC1(C)CCn2c(nc(-c3ccncc3)cc2=O)N1C[C@H](O)c1ccc(-c2ccccc2)cc1. The summed E-state index contributed by atoms with van der Waals surface area (Å²) in [6.07, 6.45) is 3.45. The Hall–Kier alpha value is -3.77. The Morgan fingerprint density at radius 1 is 0.941 bits per heavy atom. The molecule has 6 nitrogen and oxygen atoms in total. The summed E-state index contributed by atoms with van der Waals surface area (Å²) in [6, 6.07) is 23.5. The maximum atomic E-state index is 13.0. The van der Waals surface area contributed by atoms with E-state index in [0.29, 0.717) is 24.7 Å². The molecular formula is C28H28N4O2. The van der Waals surface area contributed by atoms with Gasteiger partial charge >= 0.3 is 0 Å². The molecule has 5 rings (SSSR count). The van der Waals surface area contributed by atoms with E-state index in [1.165, 1.54) is 0 Å². The van der Waals surface area contributed by atoms with E-state index in [0.717, 1.165) is 28.7 Å². The van der Waals surface area contributed by atoms with Crippen molar-refractivity contribution in [2.24, 2.45) is 0 Å². The molecule has 0 radical (unpaired) electrons. The van der Waals surface area contributed by atoms with E-state index < -0.39 is 6.10 Å². The average molecular weight is 453 g/mol. The molecular weight excluding hydrogens is 424 g/mol. The van der Waals surface area contributed by atoms with Gasteiger partial charge in [-0.3, -0.25) is 14.3 Å². The molecule has 1 aliphatic heterocycles. The Bertz CT molecular complexity index is 1330. The molecule has 3 heterocycles. The molecule has 6 heteroatoms. The van der Waals surface area contributed by atoms with Gasteiger partial charge in [-0.05, 0) is 49.1 Å². The number of rotatable bonds is 5. The molecule has 0 amide bonds. The molecule has 4 aromatic rings. The van der Waals surface area contributed by atoms with Gasteiger partial charge in [0.15, 0.2) is 0 Å². The maximum absolute atomic E-state index is 13.0. The van der Waals surface area contributed by atoms with Gasteiger partial charge in [0.25, 0.3) is 5.56 Å². The van der Waals surface area contributed by atoms with Gasteiger partial charge in [-0.1, -0.05) is 54.6 Å². The maximum Gasteiger partial charge on any atom is 0.255 e. The van der Waals surface area contributed by atoms with Crippen LogP contribution in [-0.4, -0.2) is 31.7 Å². The predicted molar refractivity (Wildman–Crippen MR) is 135 cm³/mol. The second-order valence-electron chi connectivity index (χ2n) is 9.34. The van der Waals surface area contributed by atoms with Gasteiger partial charge in [0, 0.05) is 36.1 Å². The number of aliphatic hydroxyl groups is 1. The number of aliphatic hydroxyl groups excluding tert-OH is 1. The molecule has 0 aliphatic carbocycles. The number of aromatic nitrogens is 3. The minimum Gasteiger partial charge on any atom is -0.387 e. The average Bonchev–Trinajstić information content (AvgIpc) is 2.86. The number of nitrogens with zero attached hydrogens (tertiary/aromatic N) is 4. The van der Waals surface area contributed by atoms with E-state index in [9.17, 15) is 9.90 Å². The highest BCUT2D eigenvalue weighted by Gasteiger charge is 2.36. The minimum absolute atomic E-state index is 0.0842. The summed E-state index contributed by atoms with van der Waals surface area (Å²) in [6.45, 7) is 5.20. The first-order valence-corrected chi connectivity index (χ1v) is 11.6. The summed E-state index contributed by atoms with van der Waals surface area (Å²) in [5.74, 6) is 0.593. The van der Waals surface area contributed by atoms with Crippen LogP contribution in [0.1, 0.15) is 31.9 Å². The second-order valence-corrected chi connectivity index (χ2v) is 9.34. The fraction of sp³-hybridized carbons (Fsp3) is 0.250. The fourth-order valence-corrected chi connectivity index (χ4v) is 4.51. The molecule has 2 aromatic carbocycles. The van der Waals surface area contributed by atoms with Crippen molar-refractivity contribution in [3.63, 3.8) is 0 Å². The Balaban J connectivity index is 1.46. The lowest BCUT2D eigenvalue weighted by Gasteiger charge is -2.45. The summed E-state index contributed by atoms with van der Waals surface area (Å²) in [4.78, 5) is 24.0. The zero-order valence-corrected chi connectivity index (χ0v) is 19.4. The van der Waals surface area contributed by atoms with E-state index in [-0.39, 0.29) is 11.1 Å². The zero-order valence-electron chi connectivity index (χ0n) is 19.4. The molecule has 0 saturated heterocycles. The second kappa shape index (κ2) is 8.88. The summed E-state index contributed by atoms with van der Waals surface area (Å²) < 4.78 is 1.71. The van der Waals surface area contributed by atoms with Crippen LogP contribution in [0.2, 0.25) is 0 Å². The molecule has 0 fully saturated rings. The number of hydrogen-bond donors (Lipinski definition) is 1. The molecule has 0 bridgehead atoms. The van der Waals surface area contributed by atoms with E-state index >= 15 is 0 Å². The Labute approximate surface area is 199 Å². The third-order valence-electron chi connectivity index (χ3n) is 6.64. The van der Waals surface area contributed by atoms with Crippen molar-refractivity contribution in [1.29, 1.82) is 0 Å². The van der Waals surface area contributed by atoms with Crippen LogP contribution in [0.15, 0.2) is 90.0 Å². The molecule has 34 heavy (non-hydrogen) atoms. The zero-order chi connectivity index (χ0) is 23.7. The summed E-state index contributed by atoms with van der Waals surface area (Å²) in [5, 5.41) is 11.2. The lowest BCUT2D eigenvalue weighted by atomic mass is 9.94. The number of anilines is 1. The van der Waals surface area contributed by atoms with Crippen LogP contribution >= 0.6 is 0 Å². The monoisotopic (exact) mass is 452 g/mol. The van der Waals surface area contributed by atoms with Crippen molar-refractivity contribution >= 4 is 5.95 Å². The van der Waals surface area contributed by atoms with Gasteiger partial charge < -0.3 is 10.0 Å². The van der Waals surface area contributed by atoms with Crippen LogP contribution in [-0.2, 0) is 6.54 Å². The quantitative estimate of drug-likeness (QED) is 0.476. The highest BCUT2D eigenvalue weighted by atomic mass is 16.3. The van der Waals surface area contributed by atoms with Gasteiger partial charge in [-0.25, -0.2) is 4.98 Å². The molecule has 1 N–H and O–H groups in total. The van der Waals surface area contributed by atoms with Gasteiger partial charge in [0.1, 0.15) is 0 Å². The van der Waals surface area contributed by atoms with Crippen LogP contribution in [0.3, 0.4) is 0 Å². The molecule has 2 aromatic heterocycles. The first-order chi connectivity index (χ1) is 16.4. The smallest absolute Gasteiger partial charge is 0.255 e. The van der Waals surface area contributed by atoms with E-state index in [4.69, 9.17) is 4.98 Å². The normalized spacial score (nSPS) is 15.6. The molecule has 1 aliphatic rings. The van der Waals surface area contributed by atoms with Crippen molar-refractivity contribution in [3.05, 3.63) is 101 Å². The molecule has 0 unspecified atom stereocenters. The number of fused-ring (bicyclic) bond motifs is 1. The van der Waals surface area contributed by atoms with Gasteiger partial charge in [-0.15, -0.1) is 0 Å². The molecule has 1 atom stereocenters. The van der Waals surface area contributed by atoms with E-state index in [1.54, 1.807) is 23.0 Å². The largest absolute Gasteiger partial charge is 0.387 e. The Morgan fingerprint density at radius 2 is 1.62 bits per heavy atom. The van der Waals surface area contributed by atoms with Gasteiger partial charge in [-0.2, -0.15) is 0 Å². The van der Waals surface area contributed by atoms with E-state index in [1.807, 2.05) is 54.6 Å². The van der Waals surface area contributed by atoms with Crippen LogP contribution in [0.25, 0.3) is 22.4 Å². The standard InChI is InChI=1S/C28H28N4O2/c1-28(2)14-17-31-26(34)18-24(22-12-15-29-16-13-22)30-27(31)32(28)19-25(33)23-10-8-21(9-11-23)20-6-4-3-5-7-20/h3-13,15-16,18,25,33H,14,17,19H2,1-2H3/t25-/m0/s1. The topological polar surface area (TPSA) is 71.2 Å². The van der Waals surface area contributed by atoms with Crippen molar-refractivity contribution in [1.82, 2.24) is 14.5 Å². The van der Waals surface area contributed by atoms with Crippen LogP contribution in [0, 0.1) is 0 Å². The Morgan fingerprint density at radius 3 is 2.32 bits per heavy atom. The third kappa shape index (κ3) is 4.24. The van der Waals surface area contributed by atoms with Crippen LogP contribution in [0.5, 0.6) is 0 Å². The van der Waals surface area contributed by atoms with E-state index in [2.05, 4.69) is 35.9 Å². The summed E-state index contributed by atoms with van der Waals surface area (Å²) in [5.41, 5.74) is 4.19. The van der Waals surface area contributed by atoms with Gasteiger partial charge in [0.2, 0.25) is 5.95 Å². The molecule has 0 saturated carbocycles. The first-order valence-electron chi connectivity index (χ1n) is 11.6. The summed E-state index contributed by atoms with van der Waals surface area (Å²) in [7, 11) is 0. The van der Waals surface area contributed by atoms with Crippen molar-refractivity contribution in [2.75, 3.05) is 11.4 Å². The van der Waals surface area contributed by atoms with Crippen molar-refractivity contribution in [3.8, 4) is 22.4 Å². The summed E-state index contributed by atoms with van der Waals surface area (Å²) >= 11 is 0. The van der Waals surface area contributed by atoms with Crippen molar-refractivity contribution < 1.29 is 5.11 Å². The lowest BCUT2D eigenvalue weighted by molar-refractivity contribution is 0.169. The third-order valence-corrected chi connectivity index (χ3v) is 6.64. The number of hydrogen-bond acceptors (Lipinski definition) is 5. The number of β-amino-alcohol motifs (C(OH)–C–C–N with tert-alkyl or cyclic N) is 1. The molecule has 172 valence electrons. The van der Waals surface area contributed by atoms with Gasteiger partial charge in [0.05, 0.1) is 18.3 Å². The molecule has 0 spiro atoms. The highest BCUT2D eigenvalue weighted by molar-refractivity contribution is 5.63. The lowest BCUT2D eigenvalue weighted by Crippen LogP contribution is -2.53. The number of pyridine rings is 1. The predicted octanol–water partition coefficient (Wildman–Crippen LogP) is 4.69. The number of benzene rings is 2. The van der Waals surface area contributed by atoms with Crippen LogP contribution < -0.4 is 10.5 Å². The minimum atomic E-state index is -0.725. The highest BCUT2D eigenvalue weighted by Crippen LogP contribution is 2.33. The van der Waals surface area contributed by atoms with Crippen LogP contribution in [0.4, 0.5) is 5.95 Å². The van der Waals surface area contributed by atoms with Crippen molar-refractivity contribution in [2.45, 2.75) is 38.5 Å². The Kier molecular flexibility index (Phi) is 5.75.